The molecule has 0 aliphatic heterocycles. The molecule has 0 amide bonds. The first-order valence-electron chi connectivity index (χ1n) is 3.18. The van der Waals surface area contributed by atoms with Gasteiger partial charge in [0.1, 0.15) is 5.78 Å². The monoisotopic (exact) mass is 155 g/mol. The number of hydrogen-bond donors (Lipinski definition) is 0. The van der Waals surface area contributed by atoms with Crippen molar-refractivity contribution in [2.24, 2.45) is 0 Å². The Hall–Kier alpha value is -0.700. The van der Waals surface area contributed by atoms with Crippen molar-refractivity contribution in [1.82, 2.24) is 4.37 Å². The fraction of sp³-hybridized carbons (Fsp3) is 0.429. The zero-order chi connectivity index (χ0) is 7.40. The minimum atomic E-state index is 0.244. The molecule has 10 heavy (non-hydrogen) atoms. The number of Topliss-reactive ketones (excluding diaryl/α,β-unsaturated/α-hetero) is 1. The number of nitrogens with zero attached hydrogens (tertiary/aromatic N) is 1. The SMILES string of the molecule is CC(=O)CCc1ccns1. The number of carbonyl (C=O) groups excluding carboxylic acids is 1. The lowest BCUT2D eigenvalue weighted by molar-refractivity contribution is -0.116. The van der Waals surface area contributed by atoms with Gasteiger partial charge in [0.15, 0.2) is 0 Å². The van der Waals surface area contributed by atoms with Crippen molar-refractivity contribution >= 4 is 17.3 Å². The molecule has 0 bridgehead atoms. The second kappa shape index (κ2) is 3.46. The average molecular weight is 155 g/mol. The topological polar surface area (TPSA) is 30.0 Å². The molecular formula is C7H9NOS. The average Bonchev–Trinajstić information content (AvgIpc) is 2.34. The van der Waals surface area contributed by atoms with Crippen LogP contribution in [0, 0.1) is 0 Å². The van der Waals surface area contributed by atoms with E-state index in [-0.39, 0.29) is 5.78 Å². The van der Waals surface area contributed by atoms with Crippen LogP contribution >= 0.6 is 11.5 Å². The molecule has 54 valence electrons. The van der Waals surface area contributed by atoms with Crippen LogP contribution < -0.4 is 0 Å². The second-order valence-electron chi connectivity index (χ2n) is 2.18. The van der Waals surface area contributed by atoms with Gasteiger partial charge in [-0.2, -0.15) is 0 Å². The highest BCUT2D eigenvalue weighted by Gasteiger charge is 1.96. The molecule has 1 heterocycles. The van der Waals surface area contributed by atoms with Crippen LogP contribution in [-0.4, -0.2) is 10.2 Å². The van der Waals surface area contributed by atoms with Gasteiger partial charge in [0.2, 0.25) is 0 Å². The maximum Gasteiger partial charge on any atom is 0.130 e. The van der Waals surface area contributed by atoms with E-state index in [0.29, 0.717) is 6.42 Å². The number of carbonyl (C=O) groups is 1. The second-order valence-corrected chi connectivity index (χ2v) is 3.10. The van der Waals surface area contributed by atoms with E-state index in [2.05, 4.69) is 4.37 Å². The molecule has 0 aliphatic carbocycles. The summed E-state index contributed by atoms with van der Waals surface area (Å²) in [6.45, 7) is 1.61. The standard InChI is InChI=1S/C7H9NOS/c1-6(9)2-3-7-4-5-8-10-7/h4-5H,2-3H2,1H3. The van der Waals surface area contributed by atoms with E-state index in [4.69, 9.17) is 0 Å². The Kier molecular flexibility index (Phi) is 2.57. The van der Waals surface area contributed by atoms with Crippen molar-refractivity contribution in [3.63, 3.8) is 0 Å². The predicted molar refractivity (Wildman–Crippen MR) is 41.1 cm³/mol. The maximum absolute atomic E-state index is 10.5. The highest BCUT2D eigenvalue weighted by Crippen LogP contribution is 2.07. The van der Waals surface area contributed by atoms with E-state index >= 15 is 0 Å². The van der Waals surface area contributed by atoms with Crippen molar-refractivity contribution < 1.29 is 4.79 Å². The fourth-order valence-corrected chi connectivity index (χ4v) is 1.24. The number of rotatable bonds is 3. The fourth-order valence-electron chi connectivity index (χ4n) is 0.670. The number of ketones is 1. The van der Waals surface area contributed by atoms with E-state index in [1.165, 1.54) is 16.4 Å². The lowest BCUT2D eigenvalue weighted by Crippen LogP contribution is -1.91. The summed E-state index contributed by atoms with van der Waals surface area (Å²) in [7, 11) is 0. The Bertz CT molecular complexity index is 205. The van der Waals surface area contributed by atoms with Crippen LogP contribution in [0.25, 0.3) is 0 Å². The maximum atomic E-state index is 10.5. The Balaban J connectivity index is 2.35. The minimum absolute atomic E-state index is 0.244. The van der Waals surface area contributed by atoms with Crippen molar-refractivity contribution in [3.8, 4) is 0 Å². The van der Waals surface area contributed by atoms with Gasteiger partial charge in [-0.3, -0.25) is 0 Å². The highest BCUT2D eigenvalue weighted by molar-refractivity contribution is 7.05. The van der Waals surface area contributed by atoms with Crippen LogP contribution in [0.2, 0.25) is 0 Å². The molecule has 0 aliphatic rings. The van der Waals surface area contributed by atoms with Gasteiger partial charge in [0.25, 0.3) is 0 Å². The molecule has 0 radical (unpaired) electrons. The van der Waals surface area contributed by atoms with Gasteiger partial charge in [-0.1, -0.05) is 0 Å². The molecule has 0 saturated heterocycles. The van der Waals surface area contributed by atoms with Gasteiger partial charge in [-0.05, 0) is 30.9 Å². The molecule has 1 aromatic heterocycles. The molecule has 0 atom stereocenters. The van der Waals surface area contributed by atoms with Gasteiger partial charge < -0.3 is 4.79 Å². The van der Waals surface area contributed by atoms with Crippen LogP contribution in [0.5, 0.6) is 0 Å². The lowest BCUT2D eigenvalue weighted by Gasteiger charge is -1.89. The van der Waals surface area contributed by atoms with Crippen LogP contribution in [0.4, 0.5) is 0 Å². The van der Waals surface area contributed by atoms with Crippen LogP contribution in [0.1, 0.15) is 18.2 Å². The normalized spacial score (nSPS) is 9.70. The summed E-state index contributed by atoms with van der Waals surface area (Å²) in [6.07, 6.45) is 3.25. The molecule has 0 aromatic carbocycles. The summed E-state index contributed by atoms with van der Waals surface area (Å²) in [6, 6.07) is 1.95. The summed E-state index contributed by atoms with van der Waals surface area (Å²) in [5, 5.41) is 0. The van der Waals surface area contributed by atoms with Gasteiger partial charge in [0, 0.05) is 17.5 Å². The molecule has 0 N–H and O–H groups in total. The zero-order valence-corrected chi connectivity index (χ0v) is 6.65. The number of hydrogen-bond acceptors (Lipinski definition) is 3. The summed E-state index contributed by atoms with van der Waals surface area (Å²) < 4.78 is 3.93. The van der Waals surface area contributed by atoms with E-state index in [9.17, 15) is 4.79 Å². The van der Waals surface area contributed by atoms with Crippen LogP contribution in [0.15, 0.2) is 12.3 Å². The van der Waals surface area contributed by atoms with Crippen LogP contribution in [-0.2, 0) is 11.2 Å². The van der Waals surface area contributed by atoms with E-state index in [1.807, 2.05) is 6.07 Å². The Morgan fingerprint density at radius 2 is 2.60 bits per heavy atom. The van der Waals surface area contributed by atoms with Crippen molar-refractivity contribution in [2.75, 3.05) is 0 Å². The molecule has 1 aromatic rings. The van der Waals surface area contributed by atoms with Crippen molar-refractivity contribution in [1.29, 1.82) is 0 Å². The summed E-state index contributed by atoms with van der Waals surface area (Å²) in [4.78, 5) is 11.7. The molecule has 0 fully saturated rings. The van der Waals surface area contributed by atoms with Crippen molar-refractivity contribution in [3.05, 3.63) is 17.1 Å². The van der Waals surface area contributed by atoms with Gasteiger partial charge in [-0.15, -0.1) is 0 Å². The third-order valence-electron chi connectivity index (χ3n) is 1.21. The summed E-state index contributed by atoms with van der Waals surface area (Å²) >= 11 is 1.46. The Morgan fingerprint density at radius 1 is 1.80 bits per heavy atom. The molecule has 0 unspecified atom stereocenters. The van der Waals surface area contributed by atoms with E-state index in [0.717, 1.165) is 6.42 Å². The number of aryl methyl sites for hydroxylation is 1. The summed E-state index contributed by atoms with van der Waals surface area (Å²) in [5.41, 5.74) is 0. The molecule has 3 heteroatoms. The molecule has 0 spiro atoms. The first kappa shape index (κ1) is 7.41. The largest absolute Gasteiger partial charge is 0.300 e. The predicted octanol–water partition coefficient (Wildman–Crippen LogP) is 1.66. The zero-order valence-electron chi connectivity index (χ0n) is 5.83. The van der Waals surface area contributed by atoms with E-state index < -0.39 is 0 Å². The summed E-state index contributed by atoms with van der Waals surface area (Å²) in [5.74, 6) is 0.244. The Morgan fingerprint density at radius 3 is 3.10 bits per heavy atom. The van der Waals surface area contributed by atoms with E-state index in [1.54, 1.807) is 13.1 Å². The Labute approximate surface area is 64.1 Å². The minimum Gasteiger partial charge on any atom is -0.300 e. The molecule has 0 saturated carbocycles. The lowest BCUT2D eigenvalue weighted by atomic mass is 10.2. The quantitative estimate of drug-likeness (QED) is 0.664. The van der Waals surface area contributed by atoms with Gasteiger partial charge >= 0.3 is 0 Å². The first-order valence-corrected chi connectivity index (χ1v) is 3.95. The molecule has 1 rings (SSSR count). The molecular weight excluding hydrogens is 146 g/mol. The van der Waals surface area contributed by atoms with Gasteiger partial charge in [0.05, 0.1) is 0 Å². The number of aromatic nitrogens is 1. The highest BCUT2D eigenvalue weighted by atomic mass is 32.1. The molecule has 2 nitrogen and oxygen atoms in total. The third-order valence-corrected chi connectivity index (χ3v) is 2.02. The van der Waals surface area contributed by atoms with Crippen molar-refractivity contribution in [2.45, 2.75) is 19.8 Å². The third kappa shape index (κ3) is 2.27. The first-order chi connectivity index (χ1) is 4.79. The smallest absolute Gasteiger partial charge is 0.130 e. The van der Waals surface area contributed by atoms with Crippen LogP contribution in [0.3, 0.4) is 0 Å². The van der Waals surface area contributed by atoms with Gasteiger partial charge in [-0.25, -0.2) is 4.37 Å².